The van der Waals surface area contributed by atoms with Gasteiger partial charge in [0.1, 0.15) is 11.6 Å². The Morgan fingerprint density at radius 1 is 1.27 bits per heavy atom. The SMILES string of the molecule is N#C/C(=C/Nc1cccnc1)C(=O)Nc1cccc(Cl)c1Cl. The zero-order valence-corrected chi connectivity index (χ0v) is 12.7. The quantitative estimate of drug-likeness (QED) is 0.658. The van der Waals surface area contributed by atoms with Crippen molar-refractivity contribution in [3.05, 3.63) is 64.5 Å². The highest BCUT2D eigenvalue weighted by molar-refractivity contribution is 6.44. The Bertz CT molecular complexity index is 754. The number of carbonyl (C=O) groups excluding carboxylic acids is 1. The lowest BCUT2D eigenvalue weighted by atomic mass is 10.2. The third-order valence-corrected chi connectivity index (χ3v) is 3.43. The summed E-state index contributed by atoms with van der Waals surface area (Å²) in [5, 5.41) is 15.0. The Kier molecular flexibility index (Phi) is 5.37. The lowest BCUT2D eigenvalue weighted by Crippen LogP contribution is -2.14. The van der Waals surface area contributed by atoms with E-state index in [4.69, 9.17) is 28.5 Å². The van der Waals surface area contributed by atoms with Crippen LogP contribution in [0.3, 0.4) is 0 Å². The molecule has 0 aliphatic heterocycles. The maximum absolute atomic E-state index is 12.1. The number of nitrogens with zero attached hydrogens (tertiary/aromatic N) is 2. The minimum Gasteiger partial charge on any atom is -0.359 e. The summed E-state index contributed by atoms with van der Waals surface area (Å²) in [7, 11) is 0. The van der Waals surface area contributed by atoms with Crippen LogP contribution in [-0.2, 0) is 4.79 Å². The minimum absolute atomic E-state index is 0.111. The number of carbonyl (C=O) groups is 1. The molecule has 0 saturated carbocycles. The van der Waals surface area contributed by atoms with Gasteiger partial charge in [-0.15, -0.1) is 0 Å². The Hall–Kier alpha value is -2.55. The molecule has 0 unspecified atom stereocenters. The van der Waals surface area contributed by atoms with Crippen LogP contribution in [-0.4, -0.2) is 10.9 Å². The van der Waals surface area contributed by atoms with Gasteiger partial charge in [0.05, 0.1) is 27.6 Å². The van der Waals surface area contributed by atoms with Gasteiger partial charge < -0.3 is 10.6 Å². The summed E-state index contributed by atoms with van der Waals surface area (Å²) in [5.41, 5.74) is 0.880. The van der Waals surface area contributed by atoms with Crippen LogP contribution in [0.25, 0.3) is 0 Å². The first-order chi connectivity index (χ1) is 10.6. The molecule has 0 spiro atoms. The van der Waals surface area contributed by atoms with Gasteiger partial charge in [0.25, 0.3) is 5.91 Å². The monoisotopic (exact) mass is 332 g/mol. The molecule has 1 heterocycles. The number of nitrogens with one attached hydrogen (secondary N) is 2. The summed E-state index contributed by atoms with van der Waals surface area (Å²) < 4.78 is 0. The summed E-state index contributed by atoms with van der Waals surface area (Å²) in [6, 6.07) is 10.1. The molecule has 7 heteroatoms. The smallest absolute Gasteiger partial charge is 0.267 e. The van der Waals surface area contributed by atoms with Crippen molar-refractivity contribution in [3.8, 4) is 6.07 Å². The van der Waals surface area contributed by atoms with Gasteiger partial charge in [-0.2, -0.15) is 5.26 Å². The molecule has 1 aromatic carbocycles. The lowest BCUT2D eigenvalue weighted by molar-refractivity contribution is -0.112. The van der Waals surface area contributed by atoms with Gasteiger partial charge in [-0.25, -0.2) is 0 Å². The molecular weight excluding hydrogens is 323 g/mol. The van der Waals surface area contributed by atoms with E-state index >= 15 is 0 Å². The average Bonchev–Trinajstić information content (AvgIpc) is 2.53. The van der Waals surface area contributed by atoms with Gasteiger partial charge in [-0.1, -0.05) is 29.3 Å². The average molecular weight is 333 g/mol. The third-order valence-electron chi connectivity index (χ3n) is 2.61. The second kappa shape index (κ2) is 7.46. The molecule has 22 heavy (non-hydrogen) atoms. The highest BCUT2D eigenvalue weighted by Crippen LogP contribution is 2.29. The van der Waals surface area contributed by atoms with E-state index < -0.39 is 5.91 Å². The van der Waals surface area contributed by atoms with Crippen molar-refractivity contribution in [2.45, 2.75) is 0 Å². The molecular formula is C15H10Cl2N4O. The van der Waals surface area contributed by atoms with E-state index in [-0.39, 0.29) is 10.6 Å². The summed E-state index contributed by atoms with van der Waals surface area (Å²) in [4.78, 5) is 16.0. The van der Waals surface area contributed by atoms with Crippen molar-refractivity contribution < 1.29 is 4.79 Å². The van der Waals surface area contributed by atoms with Crippen molar-refractivity contribution in [3.63, 3.8) is 0 Å². The fraction of sp³-hybridized carbons (Fsp3) is 0. The molecule has 2 rings (SSSR count). The van der Waals surface area contributed by atoms with Gasteiger partial charge in [0.2, 0.25) is 0 Å². The Balaban J connectivity index is 2.12. The molecule has 0 aliphatic rings. The predicted molar refractivity (Wildman–Crippen MR) is 86.6 cm³/mol. The Labute approximate surface area is 137 Å². The number of pyridine rings is 1. The van der Waals surface area contributed by atoms with Gasteiger partial charge in [0, 0.05) is 12.4 Å². The third kappa shape index (κ3) is 3.98. The molecule has 2 aromatic rings. The van der Waals surface area contributed by atoms with E-state index in [0.29, 0.717) is 16.4 Å². The molecule has 0 radical (unpaired) electrons. The molecule has 110 valence electrons. The van der Waals surface area contributed by atoms with Gasteiger partial charge in [0.15, 0.2) is 0 Å². The Morgan fingerprint density at radius 3 is 2.77 bits per heavy atom. The molecule has 2 N–H and O–H groups in total. The van der Waals surface area contributed by atoms with E-state index in [2.05, 4.69) is 15.6 Å². The van der Waals surface area contributed by atoms with Crippen molar-refractivity contribution in [1.82, 2.24) is 4.98 Å². The molecule has 0 aliphatic carbocycles. The maximum atomic E-state index is 12.1. The van der Waals surface area contributed by atoms with Crippen LogP contribution in [0.1, 0.15) is 0 Å². The lowest BCUT2D eigenvalue weighted by Gasteiger charge is -2.07. The fourth-order valence-corrected chi connectivity index (χ4v) is 1.89. The number of aromatic nitrogens is 1. The summed E-state index contributed by atoms with van der Waals surface area (Å²) >= 11 is 11.9. The van der Waals surface area contributed by atoms with E-state index in [9.17, 15) is 4.79 Å². The van der Waals surface area contributed by atoms with E-state index in [0.717, 1.165) is 0 Å². The number of nitriles is 1. The van der Waals surface area contributed by atoms with E-state index in [1.807, 2.05) is 6.07 Å². The number of halogens is 2. The molecule has 5 nitrogen and oxygen atoms in total. The second-order valence-corrected chi connectivity index (χ2v) is 4.90. The first-order valence-electron chi connectivity index (χ1n) is 6.14. The number of hydrogen-bond acceptors (Lipinski definition) is 4. The molecule has 0 atom stereocenters. The number of amides is 1. The molecule has 1 amide bonds. The van der Waals surface area contributed by atoms with Gasteiger partial charge in [-0.3, -0.25) is 9.78 Å². The van der Waals surface area contributed by atoms with Crippen LogP contribution in [0.15, 0.2) is 54.5 Å². The standard InChI is InChI=1S/C15H10Cl2N4O/c16-12-4-1-5-13(14(12)17)21-15(22)10(7-18)8-20-11-3-2-6-19-9-11/h1-6,8-9,20H,(H,21,22)/b10-8-. The Morgan fingerprint density at radius 2 is 2.09 bits per heavy atom. The van der Waals surface area contributed by atoms with Crippen LogP contribution >= 0.6 is 23.2 Å². The van der Waals surface area contributed by atoms with Crippen LogP contribution in [0.4, 0.5) is 11.4 Å². The van der Waals surface area contributed by atoms with Crippen molar-refractivity contribution >= 4 is 40.5 Å². The highest BCUT2D eigenvalue weighted by atomic mass is 35.5. The number of hydrogen-bond donors (Lipinski definition) is 2. The van der Waals surface area contributed by atoms with Crippen molar-refractivity contribution in [2.24, 2.45) is 0 Å². The van der Waals surface area contributed by atoms with Gasteiger partial charge in [-0.05, 0) is 24.3 Å². The zero-order valence-electron chi connectivity index (χ0n) is 11.2. The van der Waals surface area contributed by atoms with Crippen LogP contribution in [0, 0.1) is 11.3 Å². The highest BCUT2D eigenvalue weighted by Gasteiger charge is 2.12. The molecule has 0 saturated heterocycles. The summed E-state index contributed by atoms with van der Waals surface area (Å²) in [6.07, 6.45) is 4.48. The maximum Gasteiger partial charge on any atom is 0.267 e. The topological polar surface area (TPSA) is 77.8 Å². The minimum atomic E-state index is -0.594. The first kappa shape index (κ1) is 15.8. The van der Waals surface area contributed by atoms with Crippen LogP contribution < -0.4 is 10.6 Å². The predicted octanol–water partition coefficient (Wildman–Crippen LogP) is 3.85. The summed E-state index contributed by atoms with van der Waals surface area (Å²) in [6.45, 7) is 0. The fourth-order valence-electron chi connectivity index (χ4n) is 1.54. The first-order valence-corrected chi connectivity index (χ1v) is 6.89. The number of rotatable bonds is 4. The number of anilines is 2. The largest absolute Gasteiger partial charge is 0.359 e. The zero-order chi connectivity index (χ0) is 15.9. The van der Waals surface area contributed by atoms with Crippen molar-refractivity contribution in [1.29, 1.82) is 5.26 Å². The normalized spacial score (nSPS) is 10.7. The molecule has 0 bridgehead atoms. The van der Waals surface area contributed by atoms with Crippen LogP contribution in [0.5, 0.6) is 0 Å². The summed E-state index contributed by atoms with van der Waals surface area (Å²) in [5.74, 6) is -0.594. The van der Waals surface area contributed by atoms with Crippen molar-refractivity contribution in [2.75, 3.05) is 10.6 Å². The van der Waals surface area contributed by atoms with Crippen LogP contribution in [0.2, 0.25) is 10.0 Å². The van der Waals surface area contributed by atoms with E-state index in [1.54, 1.807) is 42.7 Å². The second-order valence-electron chi connectivity index (χ2n) is 4.11. The van der Waals surface area contributed by atoms with E-state index in [1.165, 1.54) is 6.20 Å². The van der Waals surface area contributed by atoms with Gasteiger partial charge >= 0.3 is 0 Å². The molecule has 0 fully saturated rings. The molecule has 1 aromatic heterocycles. The number of benzene rings is 1.